The molecule has 1 aromatic carbocycles. The standard InChI is InChI=1S/C21H29N5OS.HI/c1-15-16(2)28-19(25-15)10-12-24-21(22-3)23-11-6-9-20(27)26-13-17-7-4-5-8-18(17)14-26;/h4-5,7-8H,6,9-14H2,1-3H3,(H2,22,23,24);1H. The Bertz CT molecular complexity index is 807. The molecule has 0 atom stereocenters. The Labute approximate surface area is 194 Å². The van der Waals surface area contributed by atoms with E-state index in [-0.39, 0.29) is 29.9 Å². The Morgan fingerprint density at radius 2 is 1.83 bits per heavy atom. The van der Waals surface area contributed by atoms with Gasteiger partial charge in [-0.3, -0.25) is 9.79 Å². The zero-order chi connectivity index (χ0) is 19.9. The van der Waals surface area contributed by atoms with Crippen molar-refractivity contribution in [2.24, 2.45) is 4.99 Å². The van der Waals surface area contributed by atoms with Gasteiger partial charge in [0.1, 0.15) is 0 Å². The molecule has 0 bridgehead atoms. The minimum atomic E-state index is 0. The second kappa shape index (κ2) is 11.5. The maximum atomic E-state index is 12.4. The maximum Gasteiger partial charge on any atom is 0.223 e. The zero-order valence-electron chi connectivity index (χ0n) is 17.3. The first kappa shape index (κ1) is 23.6. The van der Waals surface area contributed by atoms with Crippen molar-refractivity contribution in [2.75, 3.05) is 20.1 Å². The molecule has 1 amide bonds. The lowest BCUT2D eigenvalue weighted by Gasteiger charge is -2.16. The summed E-state index contributed by atoms with van der Waals surface area (Å²) in [7, 11) is 1.76. The van der Waals surface area contributed by atoms with Gasteiger partial charge in [0.15, 0.2) is 5.96 Å². The number of halogens is 1. The molecule has 0 saturated heterocycles. The van der Waals surface area contributed by atoms with Crippen LogP contribution in [0.15, 0.2) is 29.3 Å². The zero-order valence-corrected chi connectivity index (χ0v) is 20.5. The lowest BCUT2D eigenvalue weighted by Crippen LogP contribution is -2.39. The van der Waals surface area contributed by atoms with Gasteiger partial charge in [-0.25, -0.2) is 4.98 Å². The molecule has 29 heavy (non-hydrogen) atoms. The van der Waals surface area contributed by atoms with E-state index in [1.807, 2.05) is 24.0 Å². The van der Waals surface area contributed by atoms with Crippen LogP contribution < -0.4 is 10.6 Å². The Balaban J connectivity index is 0.00000300. The van der Waals surface area contributed by atoms with Crippen LogP contribution in [-0.4, -0.2) is 41.9 Å². The second-order valence-corrected chi connectivity index (χ2v) is 8.33. The first-order valence-electron chi connectivity index (χ1n) is 9.79. The van der Waals surface area contributed by atoms with Gasteiger partial charge in [-0.05, 0) is 31.4 Å². The van der Waals surface area contributed by atoms with Crippen LogP contribution in [0.5, 0.6) is 0 Å². The topological polar surface area (TPSA) is 69.6 Å². The minimum Gasteiger partial charge on any atom is -0.356 e. The number of hydrogen-bond donors (Lipinski definition) is 2. The maximum absolute atomic E-state index is 12.4. The van der Waals surface area contributed by atoms with Crippen molar-refractivity contribution in [1.29, 1.82) is 0 Å². The average molecular weight is 527 g/mol. The molecule has 1 aromatic heterocycles. The fourth-order valence-electron chi connectivity index (χ4n) is 3.27. The summed E-state index contributed by atoms with van der Waals surface area (Å²) >= 11 is 1.75. The number of benzene rings is 1. The average Bonchev–Trinajstić information content (AvgIpc) is 3.26. The molecule has 0 saturated carbocycles. The van der Waals surface area contributed by atoms with Gasteiger partial charge in [-0.1, -0.05) is 24.3 Å². The number of carbonyl (C=O) groups is 1. The normalized spacial score (nSPS) is 13.1. The number of aliphatic imine (C=N–C) groups is 1. The molecule has 6 nitrogen and oxygen atoms in total. The van der Waals surface area contributed by atoms with Crippen molar-refractivity contribution in [3.8, 4) is 0 Å². The fraction of sp³-hybridized carbons (Fsp3) is 0.476. The first-order valence-corrected chi connectivity index (χ1v) is 10.6. The quantitative estimate of drug-likeness (QED) is 0.251. The molecular weight excluding hydrogens is 497 g/mol. The number of aryl methyl sites for hydroxylation is 2. The van der Waals surface area contributed by atoms with E-state index in [1.165, 1.54) is 16.0 Å². The molecule has 0 unspecified atom stereocenters. The summed E-state index contributed by atoms with van der Waals surface area (Å²) in [6.45, 7) is 7.14. The number of guanidine groups is 1. The van der Waals surface area contributed by atoms with Crippen LogP contribution in [0.3, 0.4) is 0 Å². The molecule has 0 fully saturated rings. The fourth-order valence-corrected chi connectivity index (χ4v) is 4.20. The SMILES string of the molecule is CN=C(NCCCC(=O)N1Cc2ccccc2C1)NCCc1nc(C)c(C)s1.I. The smallest absolute Gasteiger partial charge is 0.223 e. The Morgan fingerprint density at radius 1 is 1.17 bits per heavy atom. The summed E-state index contributed by atoms with van der Waals surface area (Å²) in [5.74, 6) is 0.987. The molecule has 1 aliphatic heterocycles. The number of nitrogens with one attached hydrogen (secondary N) is 2. The monoisotopic (exact) mass is 527 g/mol. The Kier molecular flexibility index (Phi) is 9.35. The highest BCUT2D eigenvalue weighted by atomic mass is 127. The van der Waals surface area contributed by atoms with E-state index in [1.54, 1.807) is 18.4 Å². The predicted octanol–water partition coefficient (Wildman–Crippen LogP) is 3.41. The number of amides is 1. The summed E-state index contributed by atoms with van der Waals surface area (Å²) in [4.78, 5) is 24.5. The van der Waals surface area contributed by atoms with E-state index in [2.05, 4.69) is 39.7 Å². The number of nitrogens with zero attached hydrogens (tertiary/aromatic N) is 3. The molecule has 0 spiro atoms. The van der Waals surface area contributed by atoms with Gasteiger partial charge in [-0.2, -0.15) is 0 Å². The summed E-state index contributed by atoms with van der Waals surface area (Å²) < 4.78 is 0. The van der Waals surface area contributed by atoms with Crippen LogP contribution in [0.25, 0.3) is 0 Å². The number of rotatable bonds is 7. The third-order valence-electron chi connectivity index (χ3n) is 4.98. The molecule has 1 aliphatic rings. The Morgan fingerprint density at radius 3 is 2.41 bits per heavy atom. The molecule has 0 aliphatic carbocycles. The van der Waals surface area contributed by atoms with Crippen LogP contribution in [0.2, 0.25) is 0 Å². The van der Waals surface area contributed by atoms with Crippen molar-refractivity contribution in [3.05, 3.63) is 51.0 Å². The van der Waals surface area contributed by atoms with Gasteiger partial charge in [0, 0.05) is 50.9 Å². The molecule has 2 N–H and O–H groups in total. The Hall–Kier alpha value is -1.68. The van der Waals surface area contributed by atoms with Crippen molar-refractivity contribution in [3.63, 3.8) is 0 Å². The summed E-state index contributed by atoms with van der Waals surface area (Å²) in [6.07, 6.45) is 2.22. The van der Waals surface area contributed by atoms with Crippen molar-refractivity contribution < 1.29 is 4.79 Å². The summed E-state index contributed by atoms with van der Waals surface area (Å²) in [5.41, 5.74) is 3.65. The third-order valence-corrected chi connectivity index (χ3v) is 6.11. The van der Waals surface area contributed by atoms with E-state index in [0.29, 0.717) is 6.42 Å². The number of thiazole rings is 1. The molecule has 3 rings (SSSR count). The number of fused-ring (bicyclic) bond motifs is 1. The molecule has 2 heterocycles. The number of aromatic nitrogens is 1. The van der Waals surface area contributed by atoms with Crippen LogP contribution >= 0.6 is 35.3 Å². The van der Waals surface area contributed by atoms with Crippen molar-refractivity contribution in [2.45, 2.75) is 46.2 Å². The second-order valence-electron chi connectivity index (χ2n) is 7.05. The minimum absolute atomic E-state index is 0. The van der Waals surface area contributed by atoms with E-state index in [4.69, 9.17) is 0 Å². The van der Waals surface area contributed by atoms with Crippen LogP contribution in [0, 0.1) is 13.8 Å². The van der Waals surface area contributed by atoms with Crippen LogP contribution in [0.1, 0.15) is 39.5 Å². The predicted molar refractivity (Wildman–Crippen MR) is 130 cm³/mol. The number of hydrogen-bond acceptors (Lipinski definition) is 4. The van der Waals surface area contributed by atoms with Gasteiger partial charge < -0.3 is 15.5 Å². The van der Waals surface area contributed by atoms with Gasteiger partial charge >= 0.3 is 0 Å². The molecule has 158 valence electrons. The van der Waals surface area contributed by atoms with E-state index < -0.39 is 0 Å². The van der Waals surface area contributed by atoms with Gasteiger partial charge in [0.05, 0.1) is 10.7 Å². The highest BCUT2D eigenvalue weighted by Crippen LogP contribution is 2.22. The highest BCUT2D eigenvalue weighted by Gasteiger charge is 2.22. The largest absolute Gasteiger partial charge is 0.356 e. The summed E-state index contributed by atoms with van der Waals surface area (Å²) in [5, 5.41) is 7.75. The van der Waals surface area contributed by atoms with E-state index in [9.17, 15) is 4.79 Å². The van der Waals surface area contributed by atoms with Crippen molar-refractivity contribution >= 4 is 47.2 Å². The van der Waals surface area contributed by atoms with E-state index >= 15 is 0 Å². The lowest BCUT2D eigenvalue weighted by molar-refractivity contribution is -0.131. The van der Waals surface area contributed by atoms with Crippen LogP contribution in [-0.2, 0) is 24.3 Å². The third kappa shape index (κ3) is 6.67. The summed E-state index contributed by atoms with van der Waals surface area (Å²) in [6, 6.07) is 8.28. The molecule has 0 radical (unpaired) electrons. The van der Waals surface area contributed by atoms with Gasteiger partial charge in [0.25, 0.3) is 0 Å². The molecule has 8 heteroatoms. The highest BCUT2D eigenvalue weighted by molar-refractivity contribution is 14.0. The molecule has 2 aromatic rings. The van der Waals surface area contributed by atoms with Crippen LogP contribution in [0.4, 0.5) is 0 Å². The van der Waals surface area contributed by atoms with Crippen molar-refractivity contribution in [1.82, 2.24) is 20.5 Å². The molecular formula is C21H30IN5OS. The van der Waals surface area contributed by atoms with Gasteiger partial charge in [-0.15, -0.1) is 35.3 Å². The number of carbonyl (C=O) groups excluding carboxylic acids is 1. The van der Waals surface area contributed by atoms with Gasteiger partial charge in [0.2, 0.25) is 5.91 Å². The lowest BCUT2D eigenvalue weighted by atomic mass is 10.1. The first-order chi connectivity index (χ1) is 13.6. The van der Waals surface area contributed by atoms with E-state index in [0.717, 1.165) is 55.7 Å².